The number of carbonyl (C=O) groups is 4. The number of hydrogen-bond donors (Lipinski definition) is 1. The molecule has 0 saturated carbocycles. The molecule has 6 nitrogen and oxygen atoms in total. The maximum Gasteiger partial charge on any atom is 0.232 e. The van der Waals surface area contributed by atoms with Crippen LogP contribution in [0.5, 0.6) is 0 Å². The van der Waals surface area contributed by atoms with Crippen molar-refractivity contribution < 1.29 is 20.6 Å². The zero-order chi connectivity index (χ0) is 15.7. The summed E-state index contributed by atoms with van der Waals surface area (Å²) in [7, 11) is 0. The Hall–Kier alpha value is -0.990. The molecule has 1 aliphatic rings. The van der Waals surface area contributed by atoms with Crippen molar-refractivity contribution in [1.82, 2.24) is 10.2 Å². The molecule has 1 heterocycles. The molecule has 1 saturated heterocycles. The number of nitrogens with one attached hydrogen (secondary N) is 1. The predicted molar refractivity (Wildman–Crippen MR) is 92.3 cm³/mol. The lowest BCUT2D eigenvalue weighted by atomic mass is 10.1. The monoisotopic (exact) mass is 414 g/mol. The van der Waals surface area contributed by atoms with Crippen LogP contribution in [0, 0.1) is 5.92 Å². The molecule has 0 aromatic heterocycles. The third-order valence-electron chi connectivity index (χ3n) is 2.76. The molecule has 0 aromatic carbocycles. The second-order valence-corrected chi connectivity index (χ2v) is 4.57. The summed E-state index contributed by atoms with van der Waals surface area (Å²) in [5.41, 5.74) is 0. The Morgan fingerprint density at radius 3 is 2.33 bits per heavy atom. The van der Waals surface area contributed by atoms with Gasteiger partial charge in [-0.2, -0.15) is 0 Å². The number of amides is 3. The molecule has 124 valence electrons. The van der Waals surface area contributed by atoms with E-state index in [-0.39, 0.29) is 67.7 Å². The Morgan fingerprint density at radius 2 is 1.90 bits per heavy atom. The molecular weight excluding hydrogens is 387 g/mol. The fourth-order valence-electron chi connectivity index (χ4n) is 1.84. The first-order valence-electron chi connectivity index (χ1n) is 7.02. The summed E-state index contributed by atoms with van der Waals surface area (Å²) in [5, 5.41) is 2.57. The Kier molecular flexibility index (Phi) is 12.4. The number of imide groups is 1. The maximum absolute atomic E-state index is 11.6. The highest BCUT2D eigenvalue weighted by Gasteiger charge is 2.34. The number of rotatable bonds is 6. The lowest BCUT2D eigenvalue weighted by molar-refractivity contribution is -0.139. The van der Waals surface area contributed by atoms with E-state index in [1.165, 1.54) is 11.8 Å². The van der Waals surface area contributed by atoms with E-state index in [1.54, 1.807) is 6.92 Å². The fraction of sp³-hybridized carbons (Fsp3) is 0.714. The molecule has 3 amide bonds. The Labute approximate surface area is 144 Å². The minimum atomic E-state index is -0.324. The standard InChI is InChI=1S/C12H18N2O4.C2H6.HI.H2/c1-8-6-11(17)14(12(8)18)5-3-4-13-10(16)7-9(2)15;1-2;;/h8H,3-7H2,1-2H3,(H,13,16);1-2H3;2*1H. The lowest BCUT2D eigenvalue weighted by Gasteiger charge is -2.14. The van der Waals surface area contributed by atoms with Crippen LogP contribution in [0.2, 0.25) is 0 Å². The molecule has 0 bridgehead atoms. The summed E-state index contributed by atoms with van der Waals surface area (Å²) in [6.45, 7) is 7.76. The van der Waals surface area contributed by atoms with Crippen LogP contribution < -0.4 is 5.32 Å². The van der Waals surface area contributed by atoms with Gasteiger partial charge in [-0.15, -0.1) is 24.0 Å². The van der Waals surface area contributed by atoms with Crippen molar-refractivity contribution in [3.63, 3.8) is 0 Å². The summed E-state index contributed by atoms with van der Waals surface area (Å²) >= 11 is 0. The second kappa shape index (κ2) is 11.6. The Morgan fingerprint density at radius 1 is 1.33 bits per heavy atom. The maximum atomic E-state index is 11.6. The normalized spacial score (nSPS) is 16.8. The first-order chi connectivity index (χ1) is 9.41. The Balaban J connectivity index is -0.000000864. The number of nitrogens with zero attached hydrogens (tertiary/aromatic N) is 1. The van der Waals surface area contributed by atoms with E-state index < -0.39 is 0 Å². The van der Waals surface area contributed by atoms with Crippen molar-refractivity contribution in [3.05, 3.63) is 0 Å². The van der Waals surface area contributed by atoms with Crippen molar-refractivity contribution in [1.29, 1.82) is 0 Å². The third-order valence-corrected chi connectivity index (χ3v) is 2.76. The highest BCUT2D eigenvalue weighted by atomic mass is 127. The van der Waals surface area contributed by atoms with E-state index in [1.807, 2.05) is 13.8 Å². The zero-order valence-electron chi connectivity index (χ0n) is 13.1. The van der Waals surface area contributed by atoms with E-state index in [2.05, 4.69) is 5.32 Å². The predicted octanol–water partition coefficient (Wildman–Crippen LogP) is 1.76. The topological polar surface area (TPSA) is 83.6 Å². The van der Waals surface area contributed by atoms with Crippen LogP contribution in [-0.2, 0) is 19.2 Å². The molecule has 0 aliphatic carbocycles. The van der Waals surface area contributed by atoms with Crippen LogP contribution in [0.4, 0.5) is 0 Å². The highest BCUT2D eigenvalue weighted by Crippen LogP contribution is 2.18. The van der Waals surface area contributed by atoms with Crippen LogP contribution in [0.15, 0.2) is 0 Å². The average Bonchev–Trinajstić information content (AvgIpc) is 2.62. The fourth-order valence-corrected chi connectivity index (χ4v) is 1.84. The van der Waals surface area contributed by atoms with Crippen LogP contribution in [0.1, 0.15) is 48.4 Å². The van der Waals surface area contributed by atoms with Crippen molar-refractivity contribution in [2.24, 2.45) is 5.92 Å². The second-order valence-electron chi connectivity index (χ2n) is 4.57. The molecule has 21 heavy (non-hydrogen) atoms. The van der Waals surface area contributed by atoms with Gasteiger partial charge in [0.1, 0.15) is 5.78 Å². The van der Waals surface area contributed by atoms with E-state index >= 15 is 0 Å². The van der Waals surface area contributed by atoms with Gasteiger partial charge < -0.3 is 5.32 Å². The van der Waals surface area contributed by atoms with E-state index in [0.29, 0.717) is 19.5 Å². The number of Topliss-reactive ketones (excluding diaryl/α,β-unsaturated/α-hetero) is 1. The first-order valence-corrected chi connectivity index (χ1v) is 7.02. The molecule has 7 heteroatoms. The molecular formula is C14H27IN2O4. The quantitative estimate of drug-likeness (QED) is 0.311. The smallest absolute Gasteiger partial charge is 0.232 e. The Bertz CT molecular complexity index is 391. The first kappa shape index (κ1) is 22.3. The van der Waals surface area contributed by atoms with Crippen molar-refractivity contribution in [2.45, 2.75) is 47.0 Å². The molecule has 1 aliphatic heterocycles. The molecule has 1 N–H and O–H groups in total. The van der Waals surface area contributed by atoms with Crippen LogP contribution in [0.25, 0.3) is 0 Å². The van der Waals surface area contributed by atoms with Gasteiger partial charge in [0.15, 0.2) is 0 Å². The van der Waals surface area contributed by atoms with Gasteiger partial charge in [-0.3, -0.25) is 24.1 Å². The SMILES string of the molecule is CC.CC(=O)CC(=O)NCCCN1C(=O)CC(C)C1=O.I.[HH]. The van der Waals surface area contributed by atoms with Gasteiger partial charge in [-0.05, 0) is 13.3 Å². The number of ketones is 1. The van der Waals surface area contributed by atoms with E-state index in [4.69, 9.17) is 0 Å². The van der Waals surface area contributed by atoms with Gasteiger partial charge in [0, 0.05) is 26.9 Å². The van der Waals surface area contributed by atoms with Gasteiger partial charge in [-0.1, -0.05) is 20.8 Å². The van der Waals surface area contributed by atoms with Crippen LogP contribution in [0.3, 0.4) is 0 Å². The van der Waals surface area contributed by atoms with Crippen molar-refractivity contribution in [3.8, 4) is 0 Å². The average molecular weight is 414 g/mol. The van der Waals surface area contributed by atoms with Crippen molar-refractivity contribution >= 4 is 47.5 Å². The summed E-state index contributed by atoms with van der Waals surface area (Å²) in [6.07, 6.45) is 0.655. The molecule has 0 aromatic rings. The summed E-state index contributed by atoms with van der Waals surface area (Å²) in [4.78, 5) is 46.1. The number of halogens is 1. The molecule has 1 fully saturated rings. The molecule has 0 spiro atoms. The zero-order valence-corrected chi connectivity index (χ0v) is 15.4. The van der Waals surface area contributed by atoms with Gasteiger partial charge in [0.2, 0.25) is 17.7 Å². The van der Waals surface area contributed by atoms with Gasteiger partial charge >= 0.3 is 0 Å². The molecule has 0 radical (unpaired) electrons. The van der Waals surface area contributed by atoms with Gasteiger partial charge in [-0.25, -0.2) is 0 Å². The lowest BCUT2D eigenvalue weighted by Crippen LogP contribution is -2.34. The van der Waals surface area contributed by atoms with E-state index in [0.717, 1.165) is 0 Å². The van der Waals surface area contributed by atoms with Crippen molar-refractivity contribution in [2.75, 3.05) is 13.1 Å². The van der Waals surface area contributed by atoms with Gasteiger partial charge in [0.05, 0.1) is 6.42 Å². The number of carbonyl (C=O) groups excluding carboxylic acids is 4. The minimum Gasteiger partial charge on any atom is -0.356 e. The third kappa shape index (κ3) is 8.13. The largest absolute Gasteiger partial charge is 0.356 e. The van der Waals surface area contributed by atoms with Crippen LogP contribution >= 0.6 is 24.0 Å². The van der Waals surface area contributed by atoms with Crippen LogP contribution in [-0.4, -0.2) is 41.5 Å². The number of likely N-dealkylation sites (tertiary alicyclic amines) is 1. The summed E-state index contributed by atoms with van der Waals surface area (Å²) in [6, 6.07) is 0. The highest BCUT2D eigenvalue weighted by molar-refractivity contribution is 14.0. The molecule has 1 unspecified atom stereocenters. The molecule has 1 atom stereocenters. The summed E-state index contributed by atoms with van der Waals surface area (Å²) < 4.78 is 0. The number of hydrogen-bond acceptors (Lipinski definition) is 4. The minimum absolute atomic E-state index is 0. The molecule has 1 rings (SSSR count). The van der Waals surface area contributed by atoms with E-state index in [9.17, 15) is 19.2 Å². The van der Waals surface area contributed by atoms with Gasteiger partial charge in [0.25, 0.3) is 0 Å². The summed E-state index contributed by atoms with van der Waals surface area (Å²) in [5.74, 6) is -1.04.